The summed E-state index contributed by atoms with van der Waals surface area (Å²) in [6.07, 6.45) is 0. The molecule has 0 saturated carbocycles. The Morgan fingerprint density at radius 1 is 1.67 bits per heavy atom. The molecule has 0 aliphatic heterocycles. The van der Waals surface area contributed by atoms with Crippen LogP contribution in [0.3, 0.4) is 0 Å². The third kappa shape index (κ3) is 4.71. The molecule has 1 unspecified atom stereocenters. The zero-order valence-corrected chi connectivity index (χ0v) is 6.35. The minimum atomic E-state index is -3.62. The van der Waals surface area contributed by atoms with Gasteiger partial charge in [0, 0.05) is 0 Å². The fraction of sp³-hybridized carbons (Fsp3) is 1.00. The Labute approximate surface area is 44.4 Å². The summed E-state index contributed by atoms with van der Waals surface area (Å²) in [4.78, 5) is 15.9. The molecule has 3 nitrogen and oxygen atoms in total. The number of rotatable bonds is 1. The van der Waals surface area contributed by atoms with Gasteiger partial charge >= 0.3 is 43.8 Å². The van der Waals surface area contributed by atoms with Crippen LogP contribution in [0.15, 0.2) is 0 Å². The molecular weight excluding hydrogens is 166 g/mol. The van der Waals surface area contributed by atoms with Gasteiger partial charge in [-0.15, -0.1) is 0 Å². The summed E-state index contributed by atoms with van der Waals surface area (Å²) < 4.78 is 9.71. The maximum absolute atomic E-state index is 9.71. The molecule has 0 saturated heterocycles. The van der Waals surface area contributed by atoms with Gasteiger partial charge in [-0.3, -0.25) is 0 Å². The van der Waals surface area contributed by atoms with Crippen molar-refractivity contribution in [1.29, 1.82) is 0 Å². The van der Waals surface area contributed by atoms with Crippen molar-refractivity contribution >= 4 is 24.4 Å². The van der Waals surface area contributed by atoms with Gasteiger partial charge in [-0.1, -0.05) is 0 Å². The monoisotopic (exact) mass is 172 g/mol. The van der Waals surface area contributed by atoms with Crippen LogP contribution < -0.4 is 0 Å². The molecule has 0 aromatic rings. The van der Waals surface area contributed by atoms with E-state index in [4.69, 9.17) is 9.79 Å². The average Bonchev–Trinajstić information content (AvgIpc) is 1.35. The van der Waals surface area contributed by atoms with Crippen molar-refractivity contribution in [3.05, 3.63) is 0 Å². The standard InChI is InChI=1S/CH6AsO3P/c2-1-6(3,4)5/h1-2H2,(H2,3,4,5). The van der Waals surface area contributed by atoms with Gasteiger partial charge in [0.2, 0.25) is 0 Å². The topological polar surface area (TPSA) is 57.5 Å². The summed E-state index contributed by atoms with van der Waals surface area (Å²) in [7, 11) is -3.62. The molecule has 0 fully saturated rings. The van der Waals surface area contributed by atoms with E-state index in [1.807, 2.05) is 0 Å². The van der Waals surface area contributed by atoms with Gasteiger partial charge in [0.15, 0.2) is 0 Å². The Morgan fingerprint density at radius 2 is 1.83 bits per heavy atom. The van der Waals surface area contributed by atoms with Crippen LogP contribution in [0, 0.1) is 0 Å². The first-order valence-corrected chi connectivity index (χ1v) is 4.82. The van der Waals surface area contributed by atoms with Crippen LogP contribution in [0.1, 0.15) is 0 Å². The van der Waals surface area contributed by atoms with Gasteiger partial charge in [-0.25, -0.2) is 0 Å². The molecule has 1 atom stereocenters. The van der Waals surface area contributed by atoms with Crippen LogP contribution in [0.2, 0.25) is 0 Å². The van der Waals surface area contributed by atoms with E-state index in [9.17, 15) is 4.57 Å². The summed E-state index contributed by atoms with van der Waals surface area (Å²) in [6.45, 7) is 0. The molecule has 0 aromatic carbocycles. The van der Waals surface area contributed by atoms with Gasteiger partial charge in [0.1, 0.15) is 0 Å². The average molecular weight is 172 g/mol. The third-order valence-electron chi connectivity index (χ3n) is 0.238. The summed E-state index contributed by atoms with van der Waals surface area (Å²) in [5.74, 6) is 0. The predicted molar refractivity (Wildman–Crippen MR) is 25.5 cm³/mol. The van der Waals surface area contributed by atoms with Gasteiger partial charge < -0.3 is 0 Å². The zero-order chi connectivity index (χ0) is 5.21. The van der Waals surface area contributed by atoms with Crippen LogP contribution in [0.5, 0.6) is 0 Å². The SMILES string of the molecule is O=P(O)(O)C[AsH2]. The van der Waals surface area contributed by atoms with Crippen molar-refractivity contribution in [2.75, 3.05) is 4.95 Å². The second-order valence-electron chi connectivity index (χ2n) is 0.847. The fourth-order valence-electron chi connectivity index (χ4n) is 0. The normalized spacial score (nSPS) is 11.8. The number of hydrogen-bond acceptors (Lipinski definition) is 1. The quantitative estimate of drug-likeness (QED) is 0.384. The first kappa shape index (κ1) is 6.71. The Bertz CT molecular complexity index is 74.9. The van der Waals surface area contributed by atoms with Crippen molar-refractivity contribution in [2.45, 2.75) is 0 Å². The number of hydrogen-bond donors (Lipinski definition) is 2. The van der Waals surface area contributed by atoms with Gasteiger partial charge in [-0.05, 0) is 0 Å². The molecule has 0 aliphatic rings. The molecule has 0 spiro atoms. The molecule has 5 heteroatoms. The first-order chi connectivity index (χ1) is 2.56. The molecular formula is CH6AsO3P. The second kappa shape index (κ2) is 2.13. The Balaban J connectivity index is 3.48. The van der Waals surface area contributed by atoms with E-state index in [0.717, 1.165) is 16.9 Å². The van der Waals surface area contributed by atoms with Crippen molar-refractivity contribution in [3.63, 3.8) is 0 Å². The molecule has 0 bridgehead atoms. The van der Waals surface area contributed by atoms with Crippen molar-refractivity contribution in [2.24, 2.45) is 0 Å². The first-order valence-electron chi connectivity index (χ1n) is 1.31. The van der Waals surface area contributed by atoms with Crippen molar-refractivity contribution < 1.29 is 14.4 Å². The fourth-order valence-corrected chi connectivity index (χ4v) is 0. The molecule has 0 aromatic heterocycles. The van der Waals surface area contributed by atoms with E-state index >= 15 is 0 Å². The summed E-state index contributed by atoms with van der Waals surface area (Å²) in [5, 5.41) is 0. The van der Waals surface area contributed by atoms with Crippen LogP contribution in [-0.2, 0) is 4.57 Å². The molecule has 0 aliphatic carbocycles. The predicted octanol–water partition coefficient (Wildman–Crippen LogP) is -1.25. The molecule has 0 amide bonds. The van der Waals surface area contributed by atoms with E-state index < -0.39 is 7.60 Å². The zero-order valence-electron chi connectivity index (χ0n) is 3.03. The van der Waals surface area contributed by atoms with Gasteiger partial charge in [-0.2, -0.15) is 0 Å². The Hall–Kier alpha value is 0.708. The summed E-state index contributed by atoms with van der Waals surface area (Å²) >= 11 is 1.06. The van der Waals surface area contributed by atoms with E-state index in [1.165, 1.54) is 0 Å². The Kier molecular flexibility index (Phi) is 2.38. The van der Waals surface area contributed by atoms with Crippen LogP contribution in [-0.4, -0.2) is 31.6 Å². The van der Waals surface area contributed by atoms with Crippen molar-refractivity contribution in [3.8, 4) is 0 Å². The van der Waals surface area contributed by atoms with E-state index in [2.05, 4.69) is 0 Å². The van der Waals surface area contributed by atoms with Crippen LogP contribution in [0.25, 0.3) is 0 Å². The van der Waals surface area contributed by atoms with E-state index in [-0.39, 0.29) is 4.95 Å². The second-order valence-corrected chi connectivity index (χ2v) is 4.84. The molecule has 0 radical (unpaired) electrons. The van der Waals surface area contributed by atoms with Crippen molar-refractivity contribution in [1.82, 2.24) is 0 Å². The summed E-state index contributed by atoms with van der Waals surface area (Å²) in [6, 6.07) is 0. The third-order valence-corrected chi connectivity index (χ3v) is 3.71. The van der Waals surface area contributed by atoms with Gasteiger partial charge in [0.25, 0.3) is 0 Å². The van der Waals surface area contributed by atoms with Gasteiger partial charge in [0.05, 0.1) is 0 Å². The maximum atomic E-state index is 9.71. The molecule has 2 N–H and O–H groups in total. The van der Waals surface area contributed by atoms with Crippen LogP contribution >= 0.6 is 7.60 Å². The minimum absolute atomic E-state index is 0. The van der Waals surface area contributed by atoms with E-state index in [0.29, 0.717) is 0 Å². The summed E-state index contributed by atoms with van der Waals surface area (Å²) in [5.41, 5.74) is 0. The van der Waals surface area contributed by atoms with Crippen LogP contribution in [0.4, 0.5) is 0 Å². The molecule has 0 heterocycles. The Morgan fingerprint density at radius 3 is 1.83 bits per heavy atom. The molecule has 6 heavy (non-hydrogen) atoms. The molecule has 0 rings (SSSR count). The molecule has 38 valence electrons. The van der Waals surface area contributed by atoms with E-state index in [1.54, 1.807) is 0 Å².